The number of carbonyl (C=O) groups is 1. The van der Waals surface area contributed by atoms with Gasteiger partial charge in [-0.1, -0.05) is 29.3 Å². The predicted molar refractivity (Wildman–Crippen MR) is 89.0 cm³/mol. The summed E-state index contributed by atoms with van der Waals surface area (Å²) in [6.45, 7) is 1.42. The lowest BCUT2D eigenvalue weighted by Gasteiger charge is -2.06. The first kappa shape index (κ1) is 16.3. The number of benzene rings is 1. The Balaban J connectivity index is 1.53. The zero-order valence-corrected chi connectivity index (χ0v) is 14.0. The van der Waals surface area contributed by atoms with Gasteiger partial charge in [0.15, 0.2) is 5.69 Å². The molecule has 2 N–H and O–H groups in total. The van der Waals surface area contributed by atoms with E-state index in [-0.39, 0.29) is 11.9 Å². The van der Waals surface area contributed by atoms with Gasteiger partial charge in [-0.15, -0.1) is 0 Å². The second kappa shape index (κ2) is 7.34. The molecule has 0 aliphatic carbocycles. The molecule has 1 fully saturated rings. The van der Waals surface area contributed by atoms with Gasteiger partial charge in [0.2, 0.25) is 5.89 Å². The van der Waals surface area contributed by atoms with Crippen molar-refractivity contribution in [2.45, 2.75) is 25.3 Å². The van der Waals surface area contributed by atoms with Crippen LogP contribution in [0.5, 0.6) is 0 Å². The SMILES string of the molecule is O=C(NCCc1ccc(Cl)cc1Cl)c1coc(C2CCCN2)n1. The Bertz CT molecular complexity index is 696. The Kier molecular flexibility index (Phi) is 5.20. The van der Waals surface area contributed by atoms with Crippen molar-refractivity contribution in [1.29, 1.82) is 0 Å². The lowest BCUT2D eigenvalue weighted by molar-refractivity contribution is 0.0949. The number of rotatable bonds is 5. The van der Waals surface area contributed by atoms with Crippen molar-refractivity contribution in [3.8, 4) is 0 Å². The molecule has 0 radical (unpaired) electrons. The molecule has 1 saturated heterocycles. The van der Waals surface area contributed by atoms with E-state index >= 15 is 0 Å². The van der Waals surface area contributed by atoms with Crippen molar-refractivity contribution >= 4 is 29.1 Å². The third kappa shape index (κ3) is 4.05. The first-order valence-electron chi connectivity index (χ1n) is 7.54. The maximum Gasteiger partial charge on any atom is 0.273 e. The number of oxazole rings is 1. The molecular weight excluding hydrogens is 337 g/mol. The standard InChI is InChI=1S/C16H17Cl2N3O2/c17-11-4-3-10(12(18)8-11)5-7-20-15(22)14-9-23-16(21-14)13-2-1-6-19-13/h3-4,8-9,13,19H,1-2,5-7H2,(H,20,22). The fourth-order valence-corrected chi connectivity index (χ4v) is 3.08. The molecule has 1 atom stereocenters. The summed E-state index contributed by atoms with van der Waals surface area (Å²) in [5.41, 5.74) is 1.24. The Morgan fingerprint density at radius 2 is 2.30 bits per heavy atom. The molecule has 2 heterocycles. The fraction of sp³-hybridized carbons (Fsp3) is 0.375. The first-order valence-corrected chi connectivity index (χ1v) is 8.30. The second-order valence-corrected chi connectivity index (χ2v) is 6.31. The van der Waals surface area contributed by atoms with Crippen LogP contribution in [0.4, 0.5) is 0 Å². The van der Waals surface area contributed by atoms with E-state index < -0.39 is 0 Å². The minimum Gasteiger partial charge on any atom is -0.446 e. The van der Waals surface area contributed by atoms with Crippen LogP contribution in [-0.4, -0.2) is 24.0 Å². The van der Waals surface area contributed by atoms with E-state index in [2.05, 4.69) is 15.6 Å². The van der Waals surface area contributed by atoms with Crippen molar-refractivity contribution in [3.63, 3.8) is 0 Å². The molecule has 1 aromatic carbocycles. The molecule has 1 unspecified atom stereocenters. The van der Waals surface area contributed by atoms with Crippen LogP contribution in [0.1, 0.15) is 40.8 Å². The molecule has 7 heteroatoms. The first-order chi connectivity index (χ1) is 11.1. The van der Waals surface area contributed by atoms with E-state index in [1.165, 1.54) is 6.26 Å². The molecule has 1 aromatic heterocycles. The van der Waals surface area contributed by atoms with E-state index in [0.717, 1.165) is 24.9 Å². The van der Waals surface area contributed by atoms with Gasteiger partial charge in [-0.05, 0) is 43.5 Å². The lowest BCUT2D eigenvalue weighted by atomic mass is 10.1. The number of halogens is 2. The molecule has 122 valence electrons. The van der Waals surface area contributed by atoms with Crippen LogP contribution >= 0.6 is 23.2 Å². The maximum absolute atomic E-state index is 12.1. The van der Waals surface area contributed by atoms with Crippen LogP contribution in [0.3, 0.4) is 0 Å². The molecular formula is C16H17Cl2N3O2. The minimum atomic E-state index is -0.247. The molecule has 0 bridgehead atoms. The van der Waals surface area contributed by atoms with Gasteiger partial charge in [0.25, 0.3) is 5.91 Å². The average molecular weight is 354 g/mol. The zero-order valence-electron chi connectivity index (χ0n) is 12.4. The van der Waals surface area contributed by atoms with Gasteiger partial charge in [0.05, 0.1) is 6.04 Å². The summed E-state index contributed by atoms with van der Waals surface area (Å²) in [6, 6.07) is 5.45. The van der Waals surface area contributed by atoms with Gasteiger partial charge in [0, 0.05) is 16.6 Å². The number of hydrogen-bond acceptors (Lipinski definition) is 4. The number of aromatic nitrogens is 1. The van der Waals surface area contributed by atoms with E-state index in [9.17, 15) is 4.79 Å². The van der Waals surface area contributed by atoms with E-state index in [0.29, 0.717) is 34.6 Å². The summed E-state index contributed by atoms with van der Waals surface area (Å²) in [4.78, 5) is 16.4. The van der Waals surface area contributed by atoms with Crippen molar-refractivity contribution in [2.24, 2.45) is 0 Å². The Morgan fingerprint density at radius 1 is 1.43 bits per heavy atom. The van der Waals surface area contributed by atoms with Gasteiger partial charge in [0.1, 0.15) is 6.26 Å². The average Bonchev–Trinajstić information content (AvgIpc) is 3.20. The van der Waals surface area contributed by atoms with Crippen LogP contribution in [-0.2, 0) is 6.42 Å². The summed E-state index contributed by atoms with van der Waals surface area (Å²) in [5, 5.41) is 7.30. The number of nitrogens with one attached hydrogen (secondary N) is 2. The topological polar surface area (TPSA) is 67.2 Å². The summed E-state index contributed by atoms with van der Waals surface area (Å²) in [6.07, 6.45) is 4.10. The van der Waals surface area contributed by atoms with Crippen LogP contribution in [0.25, 0.3) is 0 Å². The van der Waals surface area contributed by atoms with Crippen LogP contribution in [0, 0.1) is 0 Å². The van der Waals surface area contributed by atoms with Crippen LogP contribution < -0.4 is 10.6 Å². The van der Waals surface area contributed by atoms with Crippen LogP contribution in [0.2, 0.25) is 10.0 Å². The molecule has 23 heavy (non-hydrogen) atoms. The highest BCUT2D eigenvalue weighted by Gasteiger charge is 2.22. The summed E-state index contributed by atoms with van der Waals surface area (Å²) < 4.78 is 5.40. The third-order valence-electron chi connectivity index (χ3n) is 3.81. The third-order valence-corrected chi connectivity index (χ3v) is 4.39. The quantitative estimate of drug-likeness (QED) is 0.864. The molecule has 3 rings (SSSR count). The van der Waals surface area contributed by atoms with Gasteiger partial charge in [-0.25, -0.2) is 4.98 Å². The Hall–Kier alpha value is -1.56. The van der Waals surface area contributed by atoms with Crippen molar-refractivity contribution in [2.75, 3.05) is 13.1 Å². The predicted octanol–water partition coefficient (Wildman–Crippen LogP) is 3.38. The highest BCUT2D eigenvalue weighted by atomic mass is 35.5. The normalized spacial score (nSPS) is 17.4. The zero-order chi connectivity index (χ0) is 16.2. The van der Waals surface area contributed by atoms with E-state index in [4.69, 9.17) is 27.6 Å². The van der Waals surface area contributed by atoms with Crippen molar-refractivity contribution in [3.05, 3.63) is 51.7 Å². The summed E-state index contributed by atoms with van der Waals surface area (Å²) in [7, 11) is 0. The van der Waals surface area contributed by atoms with E-state index in [1.807, 2.05) is 6.07 Å². The summed E-state index contributed by atoms with van der Waals surface area (Å²) >= 11 is 12.0. The molecule has 0 spiro atoms. The summed E-state index contributed by atoms with van der Waals surface area (Å²) in [5.74, 6) is 0.330. The second-order valence-electron chi connectivity index (χ2n) is 5.46. The lowest BCUT2D eigenvalue weighted by Crippen LogP contribution is -2.26. The van der Waals surface area contributed by atoms with Gasteiger partial charge in [-0.2, -0.15) is 0 Å². The highest BCUT2D eigenvalue weighted by Crippen LogP contribution is 2.22. The minimum absolute atomic E-state index is 0.115. The maximum atomic E-state index is 12.1. The molecule has 0 saturated carbocycles. The number of amides is 1. The largest absolute Gasteiger partial charge is 0.446 e. The smallest absolute Gasteiger partial charge is 0.273 e. The van der Waals surface area contributed by atoms with E-state index in [1.54, 1.807) is 12.1 Å². The Labute approximate surface area is 144 Å². The molecule has 5 nitrogen and oxygen atoms in total. The van der Waals surface area contributed by atoms with Crippen molar-refractivity contribution < 1.29 is 9.21 Å². The highest BCUT2D eigenvalue weighted by molar-refractivity contribution is 6.35. The molecule has 1 aliphatic rings. The molecule has 1 aliphatic heterocycles. The number of nitrogens with zero attached hydrogens (tertiary/aromatic N) is 1. The van der Waals surface area contributed by atoms with Gasteiger partial charge < -0.3 is 15.1 Å². The number of hydrogen-bond donors (Lipinski definition) is 2. The van der Waals surface area contributed by atoms with Crippen LogP contribution in [0.15, 0.2) is 28.9 Å². The Morgan fingerprint density at radius 3 is 3.04 bits per heavy atom. The molecule has 2 aromatic rings. The number of carbonyl (C=O) groups excluding carboxylic acids is 1. The van der Waals surface area contributed by atoms with Gasteiger partial charge >= 0.3 is 0 Å². The monoisotopic (exact) mass is 353 g/mol. The fourth-order valence-electron chi connectivity index (χ4n) is 2.57. The van der Waals surface area contributed by atoms with Crippen molar-refractivity contribution in [1.82, 2.24) is 15.6 Å². The van der Waals surface area contributed by atoms with Gasteiger partial charge in [-0.3, -0.25) is 4.79 Å². The molecule has 1 amide bonds.